The van der Waals surface area contributed by atoms with Crippen LogP contribution in [0.3, 0.4) is 0 Å². The summed E-state index contributed by atoms with van der Waals surface area (Å²) >= 11 is 6.58. The second kappa shape index (κ2) is 5.98. The maximum atomic E-state index is 3.29. The Hall–Kier alpha value is 0.400. The predicted molar refractivity (Wildman–Crippen MR) is 62.6 cm³/mol. The van der Waals surface area contributed by atoms with Gasteiger partial charge < -0.3 is 0 Å². The lowest BCUT2D eigenvalue weighted by molar-refractivity contribution is 1.66. The van der Waals surface area contributed by atoms with Crippen molar-refractivity contribution in [1.82, 2.24) is 0 Å². The molecule has 60 valence electrons. The molecule has 0 bridgehead atoms. The molecule has 0 radical (unpaired) electrons. The van der Waals surface area contributed by atoms with Crippen LogP contribution in [0, 0.1) is 0 Å². The summed E-state index contributed by atoms with van der Waals surface area (Å²) in [6.07, 6.45) is 2.00. The van der Waals surface area contributed by atoms with Crippen LogP contribution in [-0.4, -0.2) is 0 Å². The van der Waals surface area contributed by atoms with Crippen molar-refractivity contribution in [3.63, 3.8) is 0 Å². The molecule has 0 nitrogen and oxygen atoms in total. The molecule has 0 aliphatic rings. The number of benzene rings is 1. The molecule has 1 rings (SSSR count). The molecule has 0 amide bonds. The molecule has 0 aliphatic heterocycles. The van der Waals surface area contributed by atoms with Gasteiger partial charge >= 0.3 is 0 Å². The van der Waals surface area contributed by atoms with Gasteiger partial charge in [-0.05, 0) is 43.5 Å². The summed E-state index contributed by atoms with van der Waals surface area (Å²) in [6.45, 7) is 0. The van der Waals surface area contributed by atoms with Crippen LogP contribution in [0.5, 0.6) is 0 Å². The van der Waals surface area contributed by atoms with Gasteiger partial charge in [-0.1, -0.05) is 30.3 Å². The summed E-state index contributed by atoms with van der Waals surface area (Å²) in [7, 11) is 0. The van der Waals surface area contributed by atoms with Crippen LogP contribution < -0.4 is 0 Å². The first-order valence-electron chi connectivity index (χ1n) is 2.87. The van der Waals surface area contributed by atoms with Crippen LogP contribution in [-0.2, 0) is 0 Å². The highest BCUT2D eigenvalue weighted by Gasteiger charge is 1.84. The van der Waals surface area contributed by atoms with Crippen molar-refractivity contribution in [3.8, 4) is 0 Å². The van der Waals surface area contributed by atoms with Crippen molar-refractivity contribution in [2.24, 2.45) is 0 Å². The zero-order chi connectivity index (χ0) is 7.40. The van der Waals surface area contributed by atoms with Gasteiger partial charge in [-0.15, -0.1) is 17.0 Å². The molecular weight excluding hydrogens is 336 g/mol. The summed E-state index contributed by atoms with van der Waals surface area (Å²) in [6, 6.07) is 10.1. The van der Waals surface area contributed by atoms with Crippen LogP contribution in [0.4, 0.5) is 0 Å². The molecule has 0 fully saturated rings. The van der Waals surface area contributed by atoms with Crippen molar-refractivity contribution >= 4 is 54.9 Å². The average Bonchev–Trinajstić information content (AvgIpc) is 1.88. The molecule has 11 heavy (non-hydrogen) atoms. The normalized spacial score (nSPS) is 8.18. The number of halogens is 3. The predicted octanol–water partition coefficient (Wildman–Crippen LogP) is 4.35. The molecule has 0 aromatic heterocycles. The van der Waals surface area contributed by atoms with E-state index in [2.05, 4.69) is 31.9 Å². The van der Waals surface area contributed by atoms with Crippen LogP contribution in [0.2, 0.25) is 0 Å². The van der Waals surface area contributed by atoms with Crippen molar-refractivity contribution in [2.75, 3.05) is 0 Å². The van der Waals surface area contributed by atoms with Crippen molar-refractivity contribution in [2.45, 2.75) is 0 Å². The second-order valence-electron chi connectivity index (χ2n) is 1.84. The third-order valence-corrected chi connectivity index (χ3v) is 1.53. The first-order valence-corrected chi connectivity index (χ1v) is 4.45. The highest BCUT2D eigenvalue weighted by atomic mass is 79.9. The Bertz CT molecular complexity index is 224. The van der Waals surface area contributed by atoms with E-state index in [1.54, 1.807) is 0 Å². The van der Waals surface area contributed by atoms with E-state index in [0.717, 1.165) is 3.39 Å². The number of rotatable bonds is 1. The Labute approximate surface area is 93.7 Å². The fourth-order valence-corrected chi connectivity index (χ4v) is 1.20. The van der Waals surface area contributed by atoms with E-state index in [1.165, 1.54) is 5.56 Å². The average molecular weight is 343 g/mol. The van der Waals surface area contributed by atoms with Gasteiger partial charge in [-0.2, -0.15) is 0 Å². The Morgan fingerprint density at radius 1 is 1.09 bits per heavy atom. The molecule has 0 saturated carbocycles. The second-order valence-corrected chi connectivity index (χ2v) is 4.62. The minimum Gasteiger partial charge on any atom is -0.114 e. The van der Waals surface area contributed by atoms with Gasteiger partial charge in [-0.3, -0.25) is 0 Å². The molecule has 0 unspecified atom stereocenters. The maximum Gasteiger partial charge on any atom is 0.0610 e. The lowest BCUT2D eigenvalue weighted by atomic mass is 10.2. The fraction of sp³-hybridized carbons (Fsp3) is 0. The number of hydrogen-bond acceptors (Lipinski definition) is 0. The summed E-state index contributed by atoms with van der Waals surface area (Å²) in [5.41, 5.74) is 1.19. The molecule has 0 N–H and O–H groups in total. The number of hydrogen-bond donors (Lipinski definition) is 0. The summed E-state index contributed by atoms with van der Waals surface area (Å²) in [4.78, 5) is 0. The third kappa shape index (κ3) is 4.77. The summed E-state index contributed by atoms with van der Waals surface area (Å²) in [5, 5.41) is 0. The quantitative estimate of drug-likeness (QED) is 0.711. The van der Waals surface area contributed by atoms with Gasteiger partial charge in [0.05, 0.1) is 3.39 Å². The Morgan fingerprint density at radius 2 is 1.64 bits per heavy atom. The Kier molecular flexibility index (Phi) is 6.19. The highest BCUT2D eigenvalue weighted by Crippen LogP contribution is 2.17. The van der Waals surface area contributed by atoms with E-state index in [0.29, 0.717) is 0 Å². The van der Waals surface area contributed by atoms with Gasteiger partial charge in [0.15, 0.2) is 0 Å². The van der Waals surface area contributed by atoms with E-state index in [-0.39, 0.29) is 17.0 Å². The summed E-state index contributed by atoms with van der Waals surface area (Å²) in [5.74, 6) is 0. The van der Waals surface area contributed by atoms with Crippen LogP contribution >= 0.6 is 48.8 Å². The first kappa shape index (κ1) is 11.4. The van der Waals surface area contributed by atoms with Gasteiger partial charge in [0.2, 0.25) is 0 Å². The van der Waals surface area contributed by atoms with Gasteiger partial charge in [0.25, 0.3) is 0 Å². The standard InChI is InChI=1S/C8H6Br2.BrH/c9-8(10)6-7-4-2-1-3-5-7;/h1-6H;1H. The molecule has 1 aromatic rings. The Morgan fingerprint density at radius 3 is 2.09 bits per heavy atom. The lowest BCUT2D eigenvalue weighted by Crippen LogP contribution is -1.66. The fourth-order valence-electron chi connectivity index (χ4n) is 0.675. The van der Waals surface area contributed by atoms with E-state index >= 15 is 0 Å². The van der Waals surface area contributed by atoms with E-state index < -0.39 is 0 Å². The zero-order valence-corrected chi connectivity index (χ0v) is 10.5. The Balaban J connectivity index is 0.000001000. The van der Waals surface area contributed by atoms with Gasteiger partial charge in [0, 0.05) is 0 Å². The summed E-state index contributed by atoms with van der Waals surface area (Å²) < 4.78 is 0.964. The highest BCUT2D eigenvalue weighted by molar-refractivity contribution is 9.28. The first-order chi connectivity index (χ1) is 4.79. The minimum absolute atomic E-state index is 0. The maximum absolute atomic E-state index is 3.29. The lowest BCUT2D eigenvalue weighted by Gasteiger charge is -1.89. The van der Waals surface area contributed by atoms with Crippen LogP contribution in [0.25, 0.3) is 6.08 Å². The largest absolute Gasteiger partial charge is 0.114 e. The SMILES string of the molecule is Br.BrC(Br)=Cc1ccccc1. The third-order valence-electron chi connectivity index (χ3n) is 1.08. The molecule has 1 aromatic carbocycles. The molecule has 3 heteroatoms. The van der Waals surface area contributed by atoms with Crippen LogP contribution in [0.1, 0.15) is 5.56 Å². The monoisotopic (exact) mass is 340 g/mol. The van der Waals surface area contributed by atoms with Crippen molar-refractivity contribution in [3.05, 3.63) is 39.3 Å². The molecule has 0 saturated heterocycles. The van der Waals surface area contributed by atoms with Crippen molar-refractivity contribution < 1.29 is 0 Å². The molecule has 0 spiro atoms. The van der Waals surface area contributed by atoms with Gasteiger partial charge in [-0.25, -0.2) is 0 Å². The smallest absolute Gasteiger partial charge is 0.0610 e. The minimum atomic E-state index is 0. The van der Waals surface area contributed by atoms with E-state index in [1.807, 2.05) is 36.4 Å². The topological polar surface area (TPSA) is 0 Å². The van der Waals surface area contributed by atoms with E-state index in [9.17, 15) is 0 Å². The molecular formula is C8H7Br3. The van der Waals surface area contributed by atoms with E-state index in [4.69, 9.17) is 0 Å². The van der Waals surface area contributed by atoms with Gasteiger partial charge in [0.1, 0.15) is 0 Å². The molecule has 0 atom stereocenters. The zero-order valence-electron chi connectivity index (χ0n) is 5.63. The molecule has 0 heterocycles. The molecule has 0 aliphatic carbocycles. The van der Waals surface area contributed by atoms with Crippen LogP contribution in [0.15, 0.2) is 33.7 Å². The van der Waals surface area contributed by atoms with Crippen molar-refractivity contribution in [1.29, 1.82) is 0 Å².